The predicted molar refractivity (Wildman–Crippen MR) is 76.9 cm³/mol. The predicted octanol–water partition coefficient (Wildman–Crippen LogP) is 2.89. The van der Waals surface area contributed by atoms with E-state index in [0.29, 0.717) is 0 Å². The Labute approximate surface area is 104 Å². The van der Waals surface area contributed by atoms with Gasteiger partial charge in [-0.1, -0.05) is 36.4 Å². The van der Waals surface area contributed by atoms with Crippen LogP contribution in [-0.4, -0.2) is 20.1 Å². The quantitative estimate of drug-likeness (QED) is 0.753. The van der Waals surface area contributed by atoms with Gasteiger partial charge in [0.2, 0.25) is 0 Å². The van der Waals surface area contributed by atoms with Gasteiger partial charge in [0.05, 0.1) is 6.66 Å². The van der Waals surface area contributed by atoms with Gasteiger partial charge in [0.1, 0.15) is 17.9 Å². The molecule has 0 fully saturated rings. The highest BCUT2D eigenvalue weighted by Crippen LogP contribution is 2.52. The SMILES string of the molecule is COC[P+](C)(c1ccccc1)c1ccccc1. The van der Waals surface area contributed by atoms with Crippen LogP contribution >= 0.6 is 7.26 Å². The molecular weight excluding hydrogens is 227 g/mol. The Hall–Kier alpha value is -1.17. The van der Waals surface area contributed by atoms with E-state index in [4.69, 9.17) is 4.74 Å². The van der Waals surface area contributed by atoms with Crippen molar-refractivity contribution in [2.45, 2.75) is 0 Å². The van der Waals surface area contributed by atoms with E-state index < -0.39 is 7.26 Å². The number of benzene rings is 2. The summed E-state index contributed by atoms with van der Waals surface area (Å²) in [7, 11) is 0.386. The number of rotatable bonds is 4. The molecule has 0 saturated heterocycles. The van der Waals surface area contributed by atoms with Gasteiger partial charge in [-0.2, -0.15) is 0 Å². The van der Waals surface area contributed by atoms with Crippen molar-refractivity contribution in [1.29, 1.82) is 0 Å². The minimum Gasteiger partial charge on any atom is -0.349 e. The average molecular weight is 245 g/mol. The Morgan fingerprint density at radius 2 is 1.24 bits per heavy atom. The van der Waals surface area contributed by atoms with Crippen molar-refractivity contribution in [3.05, 3.63) is 60.7 Å². The summed E-state index contributed by atoms with van der Waals surface area (Å²) in [4.78, 5) is 0. The van der Waals surface area contributed by atoms with Crippen LogP contribution in [0.2, 0.25) is 0 Å². The minimum absolute atomic E-state index is 0.793. The maximum atomic E-state index is 5.47. The lowest BCUT2D eigenvalue weighted by atomic mass is 10.4. The average Bonchev–Trinajstić information content (AvgIpc) is 2.41. The Bertz CT molecular complexity index is 413. The largest absolute Gasteiger partial charge is 0.349 e. The van der Waals surface area contributed by atoms with Crippen molar-refractivity contribution in [2.24, 2.45) is 0 Å². The number of hydrogen-bond acceptors (Lipinski definition) is 1. The van der Waals surface area contributed by atoms with E-state index in [1.54, 1.807) is 7.11 Å². The van der Waals surface area contributed by atoms with Gasteiger partial charge < -0.3 is 4.74 Å². The van der Waals surface area contributed by atoms with E-state index >= 15 is 0 Å². The fourth-order valence-electron chi connectivity index (χ4n) is 2.07. The molecule has 0 aliphatic carbocycles. The van der Waals surface area contributed by atoms with E-state index in [1.807, 2.05) is 0 Å². The van der Waals surface area contributed by atoms with Crippen LogP contribution in [0.25, 0.3) is 0 Å². The smallest absolute Gasteiger partial charge is 0.165 e. The summed E-state index contributed by atoms with van der Waals surface area (Å²) in [5.74, 6) is 0. The van der Waals surface area contributed by atoms with Crippen LogP contribution in [0.5, 0.6) is 0 Å². The summed E-state index contributed by atoms with van der Waals surface area (Å²) in [6.45, 7) is 2.33. The zero-order chi connectivity index (χ0) is 12.1. The summed E-state index contributed by atoms with van der Waals surface area (Å²) in [5, 5.41) is 2.79. The second-order valence-electron chi connectivity index (χ2n) is 4.28. The number of hydrogen-bond donors (Lipinski definition) is 0. The third-order valence-electron chi connectivity index (χ3n) is 3.04. The van der Waals surface area contributed by atoms with Gasteiger partial charge in [-0.05, 0) is 24.3 Å². The second-order valence-corrected chi connectivity index (χ2v) is 7.95. The third kappa shape index (κ3) is 2.57. The molecule has 0 aromatic heterocycles. The van der Waals surface area contributed by atoms with Crippen LogP contribution in [0.4, 0.5) is 0 Å². The van der Waals surface area contributed by atoms with Crippen molar-refractivity contribution in [3.63, 3.8) is 0 Å². The molecule has 2 aromatic carbocycles. The van der Waals surface area contributed by atoms with Crippen molar-refractivity contribution in [2.75, 3.05) is 20.1 Å². The molecule has 0 bridgehead atoms. The van der Waals surface area contributed by atoms with Crippen LogP contribution < -0.4 is 10.6 Å². The summed E-state index contributed by atoms with van der Waals surface area (Å²) < 4.78 is 5.47. The molecular formula is C15H18OP+. The van der Waals surface area contributed by atoms with Crippen LogP contribution in [-0.2, 0) is 4.74 Å². The maximum Gasteiger partial charge on any atom is 0.165 e. The van der Waals surface area contributed by atoms with E-state index in [9.17, 15) is 0 Å². The molecule has 2 heteroatoms. The minimum atomic E-state index is -1.40. The molecule has 0 heterocycles. The molecule has 0 unspecified atom stereocenters. The molecule has 0 saturated carbocycles. The molecule has 2 aromatic rings. The summed E-state index contributed by atoms with van der Waals surface area (Å²) in [6, 6.07) is 21.4. The lowest BCUT2D eigenvalue weighted by Crippen LogP contribution is -2.24. The number of methoxy groups -OCH3 is 1. The van der Waals surface area contributed by atoms with Gasteiger partial charge in [-0.15, -0.1) is 0 Å². The van der Waals surface area contributed by atoms with Gasteiger partial charge in [0.15, 0.2) is 6.35 Å². The first-order valence-corrected chi connectivity index (χ1v) is 8.15. The molecule has 0 radical (unpaired) electrons. The molecule has 0 atom stereocenters. The number of ether oxygens (including phenoxy) is 1. The monoisotopic (exact) mass is 245 g/mol. The maximum absolute atomic E-state index is 5.47. The first-order valence-electron chi connectivity index (χ1n) is 5.73. The highest BCUT2D eigenvalue weighted by atomic mass is 31.2. The standard InChI is InChI=1S/C15H18OP/c1-16-13-17(2,14-9-5-3-6-10-14)15-11-7-4-8-12-15/h3-12H,13H2,1-2H3/q+1. The molecule has 0 spiro atoms. The van der Waals surface area contributed by atoms with Crippen LogP contribution in [0, 0.1) is 0 Å². The lowest BCUT2D eigenvalue weighted by Gasteiger charge is -2.21. The van der Waals surface area contributed by atoms with Crippen molar-refractivity contribution in [1.82, 2.24) is 0 Å². The van der Waals surface area contributed by atoms with Crippen LogP contribution in [0.3, 0.4) is 0 Å². The van der Waals surface area contributed by atoms with E-state index in [-0.39, 0.29) is 0 Å². The van der Waals surface area contributed by atoms with Crippen LogP contribution in [0.15, 0.2) is 60.7 Å². The van der Waals surface area contributed by atoms with Gasteiger partial charge in [0.25, 0.3) is 0 Å². The molecule has 0 aliphatic heterocycles. The summed E-state index contributed by atoms with van der Waals surface area (Å²) in [5.41, 5.74) is 0. The molecule has 2 rings (SSSR count). The molecule has 1 nitrogen and oxygen atoms in total. The first kappa shape index (κ1) is 12.3. The second kappa shape index (κ2) is 5.44. The highest BCUT2D eigenvalue weighted by Gasteiger charge is 2.37. The highest BCUT2D eigenvalue weighted by molar-refractivity contribution is 7.88. The van der Waals surface area contributed by atoms with Gasteiger partial charge in [-0.25, -0.2) is 0 Å². The first-order chi connectivity index (χ1) is 8.27. The molecule has 17 heavy (non-hydrogen) atoms. The Balaban J connectivity index is 2.47. The molecule has 0 amide bonds. The zero-order valence-electron chi connectivity index (χ0n) is 10.3. The van der Waals surface area contributed by atoms with E-state index in [1.165, 1.54) is 10.6 Å². The van der Waals surface area contributed by atoms with Crippen molar-refractivity contribution >= 4 is 17.9 Å². The lowest BCUT2D eigenvalue weighted by molar-refractivity contribution is 0.254. The van der Waals surface area contributed by atoms with Gasteiger partial charge in [-0.3, -0.25) is 0 Å². The fraction of sp³-hybridized carbons (Fsp3) is 0.200. The topological polar surface area (TPSA) is 9.23 Å². The molecule has 0 N–H and O–H groups in total. The van der Waals surface area contributed by atoms with Gasteiger partial charge >= 0.3 is 0 Å². The summed E-state index contributed by atoms with van der Waals surface area (Å²) in [6.07, 6.45) is 0.793. The van der Waals surface area contributed by atoms with Gasteiger partial charge in [0, 0.05) is 7.11 Å². The van der Waals surface area contributed by atoms with Crippen molar-refractivity contribution in [3.8, 4) is 0 Å². The Kier molecular flexibility index (Phi) is 3.93. The zero-order valence-corrected chi connectivity index (χ0v) is 11.2. The van der Waals surface area contributed by atoms with Crippen LogP contribution in [0.1, 0.15) is 0 Å². The van der Waals surface area contributed by atoms with Crippen molar-refractivity contribution < 1.29 is 4.74 Å². The molecule has 0 aliphatic rings. The Morgan fingerprint density at radius 3 is 1.59 bits per heavy atom. The van der Waals surface area contributed by atoms with E-state index in [2.05, 4.69) is 67.3 Å². The fourth-order valence-corrected chi connectivity index (χ4v) is 4.84. The van der Waals surface area contributed by atoms with E-state index in [0.717, 1.165) is 6.35 Å². The Morgan fingerprint density at radius 1 is 0.824 bits per heavy atom. The third-order valence-corrected chi connectivity index (χ3v) is 6.69. The normalized spacial score (nSPS) is 11.4. The molecule has 88 valence electrons. The summed E-state index contributed by atoms with van der Waals surface area (Å²) >= 11 is 0.